The maximum absolute atomic E-state index is 13.9. The highest BCUT2D eigenvalue weighted by Crippen LogP contribution is 2.46. The largest absolute Gasteiger partial charge is 0.493 e. The summed E-state index contributed by atoms with van der Waals surface area (Å²) in [5.41, 5.74) is 3.57. The Labute approximate surface area is 218 Å². The maximum atomic E-state index is 13.9. The van der Waals surface area contributed by atoms with Crippen molar-refractivity contribution in [1.82, 2.24) is 4.90 Å². The molecule has 0 spiro atoms. The van der Waals surface area contributed by atoms with Gasteiger partial charge in [-0.3, -0.25) is 9.59 Å². The molecule has 6 nitrogen and oxygen atoms in total. The van der Waals surface area contributed by atoms with Crippen LogP contribution in [-0.2, 0) is 4.79 Å². The number of carbonyl (C=O) groups is 2. The molecular weight excluding hydrogens is 528 g/mol. The van der Waals surface area contributed by atoms with Crippen LogP contribution in [0.3, 0.4) is 0 Å². The molecule has 0 aliphatic carbocycles. The molecule has 2 amide bonds. The smallest absolute Gasteiger partial charge is 0.254 e. The number of thioether (sulfide) groups is 1. The standard InChI is InChI=1S/C27H27BrN2O4S/c1-15-12-17(28)8-11-21(15)29-26(31)24-19-13-22(33-3)23(34-4)14-20(19)27(32)30(2)25(24)16-6-9-18(35-5)10-7-16/h6-14,24-25H,1-5H3,(H,29,31)/t24-,25-/m0/s1. The van der Waals surface area contributed by atoms with Crippen molar-refractivity contribution in [3.63, 3.8) is 0 Å². The molecule has 3 aromatic carbocycles. The number of aryl methyl sites for hydroxylation is 1. The normalized spacial score (nSPS) is 17.1. The van der Waals surface area contributed by atoms with Crippen LogP contribution >= 0.6 is 27.7 Å². The third-order valence-electron chi connectivity index (χ3n) is 6.36. The number of fused-ring (bicyclic) bond motifs is 1. The van der Waals surface area contributed by atoms with Gasteiger partial charge in [0.05, 0.1) is 26.2 Å². The number of amides is 2. The molecule has 0 unspecified atom stereocenters. The minimum atomic E-state index is -0.671. The SMILES string of the molecule is COc1cc2c(cc1OC)[C@H](C(=O)Nc1ccc(Br)cc1C)[C@H](c1ccc(SC)cc1)N(C)C2=O. The number of rotatable bonds is 6. The third kappa shape index (κ3) is 4.77. The van der Waals surface area contributed by atoms with Gasteiger partial charge in [0.15, 0.2) is 11.5 Å². The molecule has 1 aliphatic heterocycles. The summed E-state index contributed by atoms with van der Waals surface area (Å²) in [7, 11) is 4.80. The van der Waals surface area contributed by atoms with E-state index in [0.717, 1.165) is 26.2 Å². The molecule has 4 rings (SSSR count). The summed E-state index contributed by atoms with van der Waals surface area (Å²) in [5, 5.41) is 3.10. The predicted octanol–water partition coefficient (Wildman–Crippen LogP) is 6.05. The van der Waals surface area contributed by atoms with Crippen LogP contribution in [0.5, 0.6) is 11.5 Å². The van der Waals surface area contributed by atoms with E-state index in [1.165, 1.54) is 7.11 Å². The number of nitrogens with one attached hydrogen (secondary N) is 1. The van der Waals surface area contributed by atoms with Gasteiger partial charge in [-0.15, -0.1) is 11.8 Å². The number of benzene rings is 3. The Morgan fingerprint density at radius 3 is 2.29 bits per heavy atom. The summed E-state index contributed by atoms with van der Waals surface area (Å²) in [4.78, 5) is 30.2. The van der Waals surface area contributed by atoms with E-state index in [-0.39, 0.29) is 11.8 Å². The first-order chi connectivity index (χ1) is 16.8. The molecule has 0 saturated carbocycles. The van der Waals surface area contributed by atoms with Crippen LogP contribution in [0.25, 0.3) is 0 Å². The van der Waals surface area contributed by atoms with Gasteiger partial charge in [-0.2, -0.15) is 0 Å². The Bertz CT molecular complexity index is 1280. The van der Waals surface area contributed by atoms with Crippen molar-refractivity contribution >= 4 is 45.2 Å². The van der Waals surface area contributed by atoms with Gasteiger partial charge in [-0.1, -0.05) is 28.1 Å². The van der Waals surface area contributed by atoms with Crippen molar-refractivity contribution in [1.29, 1.82) is 0 Å². The van der Waals surface area contributed by atoms with Crippen molar-refractivity contribution < 1.29 is 19.1 Å². The fraction of sp³-hybridized carbons (Fsp3) is 0.259. The molecule has 35 heavy (non-hydrogen) atoms. The molecule has 0 fully saturated rings. The second kappa shape index (κ2) is 10.3. The van der Waals surface area contributed by atoms with Gasteiger partial charge in [0.1, 0.15) is 0 Å². The lowest BCUT2D eigenvalue weighted by atomic mass is 9.79. The third-order valence-corrected chi connectivity index (χ3v) is 7.60. The van der Waals surface area contributed by atoms with Crippen LogP contribution in [-0.4, -0.2) is 44.2 Å². The van der Waals surface area contributed by atoms with Gasteiger partial charge in [-0.05, 0) is 72.3 Å². The van der Waals surface area contributed by atoms with Crippen LogP contribution in [0.1, 0.15) is 39.0 Å². The second-order valence-electron chi connectivity index (χ2n) is 8.35. The number of carbonyl (C=O) groups excluding carboxylic acids is 2. The first kappa shape index (κ1) is 25.1. The molecule has 0 bridgehead atoms. The Morgan fingerprint density at radius 2 is 1.69 bits per heavy atom. The van der Waals surface area contributed by atoms with E-state index >= 15 is 0 Å². The van der Waals surface area contributed by atoms with Crippen LogP contribution in [0.2, 0.25) is 0 Å². The topological polar surface area (TPSA) is 67.9 Å². The first-order valence-electron chi connectivity index (χ1n) is 11.0. The summed E-state index contributed by atoms with van der Waals surface area (Å²) in [6.45, 7) is 1.94. The Hall–Kier alpha value is -2.97. The number of hydrogen-bond acceptors (Lipinski definition) is 5. The summed E-state index contributed by atoms with van der Waals surface area (Å²) in [5.74, 6) is -0.141. The number of halogens is 1. The molecule has 2 atom stereocenters. The summed E-state index contributed by atoms with van der Waals surface area (Å²) in [6.07, 6.45) is 2.01. The molecule has 0 radical (unpaired) electrons. The fourth-order valence-electron chi connectivity index (χ4n) is 4.53. The number of anilines is 1. The molecule has 8 heteroatoms. The molecule has 0 saturated heterocycles. The number of nitrogens with zero attached hydrogens (tertiary/aromatic N) is 1. The van der Waals surface area contributed by atoms with E-state index < -0.39 is 12.0 Å². The molecule has 3 aromatic rings. The highest BCUT2D eigenvalue weighted by atomic mass is 79.9. The molecule has 1 N–H and O–H groups in total. The Morgan fingerprint density at radius 1 is 1.03 bits per heavy atom. The minimum Gasteiger partial charge on any atom is -0.493 e. The predicted molar refractivity (Wildman–Crippen MR) is 143 cm³/mol. The lowest BCUT2D eigenvalue weighted by molar-refractivity contribution is -0.119. The number of likely N-dealkylation sites (N-methyl/N-ethyl adjacent to an activating group) is 1. The average Bonchev–Trinajstić information content (AvgIpc) is 2.86. The van der Waals surface area contributed by atoms with E-state index in [1.54, 1.807) is 43.0 Å². The Balaban J connectivity index is 1.87. The number of hydrogen-bond donors (Lipinski definition) is 1. The molecule has 182 valence electrons. The average molecular weight is 555 g/mol. The van der Waals surface area contributed by atoms with Gasteiger partial charge < -0.3 is 19.7 Å². The minimum absolute atomic E-state index is 0.177. The molecule has 1 aliphatic rings. The molecule has 1 heterocycles. The van der Waals surface area contributed by atoms with E-state index in [2.05, 4.69) is 21.2 Å². The Kier molecular flexibility index (Phi) is 7.42. The van der Waals surface area contributed by atoms with Gasteiger partial charge in [0, 0.05) is 27.7 Å². The second-order valence-corrected chi connectivity index (χ2v) is 10.1. The number of ether oxygens (including phenoxy) is 2. The summed E-state index contributed by atoms with van der Waals surface area (Å²) in [6, 6.07) is 16.6. The zero-order valence-electron chi connectivity index (χ0n) is 20.2. The number of methoxy groups -OCH3 is 2. The van der Waals surface area contributed by atoms with Crippen molar-refractivity contribution in [3.8, 4) is 11.5 Å². The fourth-order valence-corrected chi connectivity index (χ4v) is 5.41. The highest BCUT2D eigenvalue weighted by molar-refractivity contribution is 9.10. The maximum Gasteiger partial charge on any atom is 0.254 e. The zero-order valence-corrected chi connectivity index (χ0v) is 22.6. The first-order valence-corrected chi connectivity index (χ1v) is 13.0. The van der Waals surface area contributed by atoms with Crippen molar-refractivity contribution in [2.45, 2.75) is 23.8 Å². The monoisotopic (exact) mass is 554 g/mol. The molecule has 0 aromatic heterocycles. The van der Waals surface area contributed by atoms with Crippen molar-refractivity contribution in [3.05, 3.63) is 81.3 Å². The quantitative estimate of drug-likeness (QED) is 0.376. The van der Waals surface area contributed by atoms with E-state index in [4.69, 9.17) is 9.47 Å². The van der Waals surface area contributed by atoms with Gasteiger partial charge in [0.2, 0.25) is 5.91 Å². The van der Waals surface area contributed by atoms with Crippen LogP contribution in [0.15, 0.2) is 64.0 Å². The van der Waals surface area contributed by atoms with Crippen LogP contribution < -0.4 is 14.8 Å². The van der Waals surface area contributed by atoms with Crippen LogP contribution in [0, 0.1) is 6.92 Å². The summed E-state index contributed by atoms with van der Waals surface area (Å²) < 4.78 is 11.9. The van der Waals surface area contributed by atoms with Crippen molar-refractivity contribution in [2.24, 2.45) is 0 Å². The zero-order chi connectivity index (χ0) is 25.3. The lowest BCUT2D eigenvalue weighted by Gasteiger charge is -2.40. The van der Waals surface area contributed by atoms with Gasteiger partial charge >= 0.3 is 0 Å². The van der Waals surface area contributed by atoms with Crippen molar-refractivity contribution in [2.75, 3.05) is 32.8 Å². The van der Waals surface area contributed by atoms with Gasteiger partial charge in [0.25, 0.3) is 5.91 Å². The van der Waals surface area contributed by atoms with E-state index in [1.807, 2.05) is 55.6 Å². The lowest BCUT2D eigenvalue weighted by Crippen LogP contribution is -2.44. The van der Waals surface area contributed by atoms with E-state index in [9.17, 15) is 9.59 Å². The van der Waals surface area contributed by atoms with E-state index in [0.29, 0.717) is 22.6 Å². The van der Waals surface area contributed by atoms with Crippen LogP contribution in [0.4, 0.5) is 5.69 Å². The highest BCUT2D eigenvalue weighted by Gasteiger charge is 2.43. The summed E-state index contributed by atoms with van der Waals surface area (Å²) >= 11 is 5.11. The van der Waals surface area contributed by atoms with Gasteiger partial charge in [-0.25, -0.2) is 0 Å². The molecular formula is C27H27BrN2O4S.